The van der Waals surface area contributed by atoms with Crippen LogP contribution in [0.3, 0.4) is 0 Å². The maximum atomic E-state index is 5.20. The van der Waals surface area contributed by atoms with Crippen molar-refractivity contribution in [2.75, 3.05) is 4.90 Å². The highest BCUT2D eigenvalue weighted by atomic mass is 15.2. The Morgan fingerprint density at radius 2 is 1.45 bits per heavy atom. The second-order valence-electron chi connectivity index (χ2n) is 16.7. The Morgan fingerprint density at radius 3 is 1.98 bits per heavy atom. The van der Waals surface area contributed by atoms with Crippen LogP contribution < -0.4 is 15.8 Å². The molecule has 3 heterocycles. The highest BCUT2D eigenvalue weighted by Crippen LogP contribution is 2.51. The highest BCUT2D eigenvalue weighted by Gasteiger charge is 2.47. The van der Waals surface area contributed by atoms with Gasteiger partial charge < -0.3 is 4.90 Å². The molecule has 0 spiro atoms. The summed E-state index contributed by atoms with van der Waals surface area (Å²) in [6.45, 7) is 31.5. The molecule has 0 aliphatic carbocycles. The van der Waals surface area contributed by atoms with E-state index in [-0.39, 0.29) is 17.5 Å². The molecule has 1 aromatic heterocycles. The molecule has 0 N–H and O–H groups in total. The summed E-state index contributed by atoms with van der Waals surface area (Å²) in [5.74, 6) is 0. The summed E-state index contributed by atoms with van der Waals surface area (Å²) in [6.07, 6.45) is 13.1. The van der Waals surface area contributed by atoms with Crippen molar-refractivity contribution in [1.29, 1.82) is 0 Å². The van der Waals surface area contributed by atoms with E-state index < -0.39 is 0 Å². The number of allylic oxidation sites excluding steroid dienone is 8. The number of hydrogen-bond acceptors (Lipinski definition) is 2. The molecule has 0 amide bonds. The van der Waals surface area contributed by atoms with Crippen molar-refractivity contribution in [3.63, 3.8) is 0 Å². The molecule has 5 aromatic rings. The standard InChI is InChI=1S/C49H52BN3/c1-13-22-33(14-2)41-40(34-23-18-16-19-24-34)42(35-25-20-17-21-26-35)47-43-46(41)52(15-3)44(31(4)5)37(27-32(6)48(7,8)9)50(43)38-28-36(49(10,11)12)29-39-45(38)53(47)30-51-39/h13-30H,3,6H2,1-2,4-5,7-12H3/b22-13-,33-14+,37-27+. The lowest BCUT2D eigenvalue weighted by Gasteiger charge is -2.44. The Labute approximate surface area is 317 Å². The van der Waals surface area contributed by atoms with Crippen molar-refractivity contribution in [2.24, 2.45) is 5.41 Å². The van der Waals surface area contributed by atoms with E-state index in [2.05, 4.69) is 189 Å². The molecule has 0 saturated carbocycles. The molecule has 0 radical (unpaired) electrons. The number of anilines is 1. The van der Waals surface area contributed by atoms with Gasteiger partial charge in [-0.25, -0.2) is 4.98 Å². The molecule has 2 aliphatic heterocycles. The molecule has 0 saturated heterocycles. The monoisotopic (exact) mass is 693 g/mol. The van der Waals surface area contributed by atoms with Crippen LogP contribution >= 0.6 is 0 Å². The third-order valence-electron chi connectivity index (χ3n) is 10.9. The second-order valence-corrected chi connectivity index (χ2v) is 16.7. The van der Waals surface area contributed by atoms with Crippen molar-refractivity contribution in [3.05, 3.63) is 156 Å². The summed E-state index contributed by atoms with van der Waals surface area (Å²) < 4.78 is 2.39. The summed E-state index contributed by atoms with van der Waals surface area (Å²) in [7, 11) is 0. The van der Waals surface area contributed by atoms with Crippen LogP contribution in [-0.2, 0) is 5.41 Å². The topological polar surface area (TPSA) is 21.1 Å². The number of aromatic nitrogens is 2. The van der Waals surface area contributed by atoms with E-state index in [0.717, 1.165) is 33.4 Å². The number of benzene rings is 4. The summed E-state index contributed by atoms with van der Waals surface area (Å²) in [6, 6.07) is 26.6. The van der Waals surface area contributed by atoms with E-state index in [1.54, 1.807) is 0 Å². The van der Waals surface area contributed by atoms with E-state index in [1.807, 2.05) is 6.20 Å². The molecule has 3 nitrogen and oxygen atoms in total. The molecule has 0 fully saturated rings. The molecule has 7 rings (SSSR count). The zero-order valence-corrected chi connectivity index (χ0v) is 33.2. The van der Waals surface area contributed by atoms with E-state index in [4.69, 9.17) is 11.6 Å². The van der Waals surface area contributed by atoms with E-state index in [9.17, 15) is 0 Å². The van der Waals surface area contributed by atoms with Crippen LogP contribution in [0, 0.1) is 5.41 Å². The largest absolute Gasteiger partial charge is 0.318 e. The van der Waals surface area contributed by atoms with Crippen LogP contribution in [-0.4, -0.2) is 16.3 Å². The van der Waals surface area contributed by atoms with Crippen LogP contribution in [0.25, 0.3) is 44.5 Å². The Balaban J connectivity index is 1.85. The Kier molecular flexibility index (Phi) is 9.01. The van der Waals surface area contributed by atoms with E-state index >= 15 is 0 Å². The van der Waals surface area contributed by atoms with Crippen molar-refractivity contribution in [2.45, 2.75) is 74.7 Å². The summed E-state index contributed by atoms with van der Waals surface area (Å²) in [5.41, 5.74) is 19.9. The van der Waals surface area contributed by atoms with Gasteiger partial charge in [-0.2, -0.15) is 0 Å². The smallest absolute Gasteiger partial charge is 0.252 e. The fourth-order valence-electron chi connectivity index (χ4n) is 8.22. The third-order valence-corrected chi connectivity index (χ3v) is 10.9. The zero-order chi connectivity index (χ0) is 38.0. The minimum Gasteiger partial charge on any atom is -0.318 e. The first-order valence-corrected chi connectivity index (χ1v) is 18.9. The molecule has 0 unspecified atom stereocenters. The molecule has 0 bridgehead atoms. The molecule has 4 aromatic carbocycles. The number of imidazole rings is 1. The van der Waals surface area contributed by atoms with Gasteiger partial charge >= 0.3 is 0 Å². The van der Waals surface area contributed by atoms with Gasteiger partial charge in [-0.05, 0) is 83.3 Å². The number of fused-ring (bicyclic) bond motifs is 2. The third kappa shape index (κ3) is 5.80. The molecule has 266 valence electrons. The van der Waals surface area contributed by atoms with Gasteiger partial charge in [0.2, 0.25) is 0 Å². The molecule has 4 heteroatoms. The average molecular weight is 694 g/mol. The molecule has 0 atom stereocenters. The first kappa shape index (κ1) is 36.0. The van der Waals surface area contributed by atoms with Crippen LogP contribution in [0.1, 0.15) is 80.4 Å². The van der Waals surface area contributed by atoms with Gasteiger partial charge in [-0.1, -0.05) is 157 Å². The van der Waals surface area contributed by atoms with Crippen molar-refractivity contribution in [3.8, 4) is 27.9 Å². The maximum absolute atomic E-state index is 5.20. The zero-order valence-electron chi connectivity index (χ0n) is 33.2. The van der Waals surface area contributed by atoms with Crippen molar-refractivity contribution < 1.29 is 0 Å². The van der Waals surface area contributed by atoms with Gasteiger partial charge in [-0.3, -0.25) is 4.57 Å². The predicted octanol–water partition coefficient (Wildman–Crippen LogP) is 11.9. The molecular weight excluding hydrogens is 641 g/mol. The second kappa shape index (κ2) is 13.3. The van der Waals surface area contributed by atoms with Gasteiger partial charge in [0.1, 0.15) is 6.33 Å². The number of rotatable bonds is 6. The fourth-order valence-corrected chi connectivity index (χ4v) is 8.22. The minimum atomic E-state index is -0.123. The maximum Gasteiger partial charge on any atom is 0.252 e. The van der Waals surface area contributed by atoms with Crippen LogP contribution in [0.2, 0.25) is 0 Å². The lowest BCUT2D eigenvalue weighted by Crippen LogP contribution is -2.56. The van der Waals surface area contributed by atoms with E-state index in [0.29, 0.717) is 0 Å². The van der Waals surface area contributed by atoms with Gasteiger partial charge in [0.05, 0.1) is 22.4 Å². The fraction of sp³-hybridized carbons (Fsp3) is 0.245. The summed E-state index contributed by atoms with van der Waals surface area (Å²) in [4.78, 5) is 7.58. The molecular formula is C49H52BN3. The average Bonchev–Trinajstić information content (AvgIpc) is 3.56. The Morgan fingerprint density at radius 1 is 0.830 bits per heavy atom. The predicted molar refractivity (Wildman–Crippen MR) is 232 cm³/mol. The first-order chi connectivity index (χ1) is 25.2. The Hall–Kier alpha value is -5.35. The van der Waals surface area contributed by atoms with Gasteiger partial charge in [0, 0.05) is 28.6 Å². The quantitative estimate of drug-likeness (QED) is 0.130. The van der Waals surface area contributed by atoms with Crippen LogP contribution in [0.15, 0.2) is 145 Å². The summed E-state index contributed by atoms with van der Waals surface area (Å²) in [5, 5.41) is 0. The van der Waals surface area contributed by atoms with Crippen molar-refractivity contribution in [1.82, 2.24) is 9.55 Å². The minimum absolute atomic E-state index is 0.0703. The van der Waals surface area contributed by atoms with Crippen LogP contribution in [0.4, 0.5) is 5.69 Å². The highest BCUT2D eigenvalue weighted by molar-refractivity contribution is 6.96. The normalized spacial score (nSPS) is 15.1. The molecule has 53 heavy (non-hydrogen) atoms. The van der Waals surface area contributed by atoms with Crippen molar-refractivity contribution >= 4 is 39.9 Å². The Bertz CT molecular complexity index is 2420. The van der Waals surface area contributed by atoms with Gasteiger partial charge in [-0.15, -0.1) is 0 Å². The van der Waals surface area contributed by atoms with Crippen LogP contribution in [0.5, 0.6) is 0 Å². The summed E-state index contributed by atoms with van der Waals surface area (Å²) >= 11 is 0. The lowest BCUT2D eigenvalue weighted by molar-refractivity contribution is 0.519. The SMILES string of the molecule is C=CN1C(=C(C)C)/C(=C\C(=C)C(C)(C)C)B2c3c1c(C(/C=C\C)=C/C)c(-c1ccccc1)c(-c1ccccc1)c3-n1cnc3cc(C(C)(C)C)cc2c31. The number of hydrogen-bond donors (Lipinski definition) is 0. The van der Waals surface area contributed by atoms with E-state index in [1.165, 1.54) is 61.2 Å². The first-order valence-electron chi connectivity index (χ1n) is 18.9. The lowest BCUT2D eigenvalue weighted by atomic mass is 9.32. The number of nitrogens with zero attached hydrogens (tertiary/aromatic N) is 3. The molecule has 2 aliphatic rings. The van der Waals surface area contributed by atoms with Gasteiger partial charge in [0.25, 0.3) is 6.71 Å². The van der Waals surface area contributed by atoms with Gasteiger partial charge in [0.15, 0.2) is 0 Å².